The van der Waals surface area contributed by atoms with Crippen LogP contribution in [0.25, 0.3) is 5.70 Å². The Morgan fingerprint density at radius 3 is 2.84 bits per heavy atom. The van der Waals surface area contributed by atoms with E-state index in [1.807, 2.05) is 13.2 Å². The van der Waals surface area contributed by atoms with Crippen molar-refractivity contribution in [3.05, 3.63) is 46.3 Å². The van der Waals surface area contributed by atoms with E-state index in [-0.39, 0.29) is 0 Å². The second kappa shape index (κ2) is 8.39. The third-order valence-electron chi connectivity index (χ3n) is 5.05. The molecular formula is C20H28N4S. The van der Waals surface area contributed by atoms with Crippen LogP contribution in [0.3, 0.4) is 0 Å². The molecule has 0 radical (unpaired) electrons. The van der Waals surface area contributed by atoms with E-state index >= 15 is 0 Å². The van der Waals surface area contributed by atoms with Crippen LogP contribution in [0.1, 0.15) is 36.6 Å². The van der Waals surface area contributed by atoms with Crippen molar-refractivity contribution < 1.29 is 0 Å². The molecule has 3 N–H and O–H groups in total. The van der Waals surface area contributed by atoms with Crippen LogP contribution in [-0.2, 0) is 6.42 Å². The number of anilines is 2. The van der Waals surface area contributed by atoms with Gasteiger partial charge in [-0.1, -0.05) is 19.1 Å². The summed E-state index contributed by atoms with van der Waals surface area (Å²) in [7, 11) is 1.95. The Labute approximate surface area is 154 Å². The van der Waals surface area contributed by atoms with Crippen LogP contribution >= 0.6 is 11.3 Å². The highest BCUT2D eigenvalue weighted by molar-refractivity contribution is 7.11. The maximum atomic E-state index is 6.19. The first-order valence-electron chi connectivity index (χ1n) is 9.13. The Balaban J connectivity index is 1.60. The van der Waals surface area contributed by atoms with Gasteiger partial charge in [0.2, 0.25) is 0 Å². The molecule has 5 heteroatoms. The molecule has 0 atom stereocenters. The smallest absolute Gasteiger partial charge is 0.130 e. The first-order chi connectivity index (χ1) is 12.2. The lowest BCUT2D eigenvalue weighted by atomic mass is 9.92. The summed E-state index contributed by atoms with van der Waals surface area (Å²) in [5, 5.41) is 5.30. The van der Waals surface area contributed by atoms with Gasteiger partial charge in [-0.05, 0) is 49.1 Å². The van der Waals surface area contributed by atoms with Crippen LogP contribution in [0.2, 0.25) is 0 Å². The van der Waals surface area contributed by atoms with Crippen molar-refractivity contribution in [3.8, 4) is 0 Å². The zero-order valence-electron chi connectivity index (χ0n) is 15.2. The van der Waals surface area contributed by atoms with Crippen molar-refractivity contribution in [2.24, 2.45) is 11.7 Å². The van der Waals surface area contributed by atoms with E-state index in [4.69, 9.17) is 5.73 Å². The average Bonchev–Trinajstić information content (AvgIpc) is 3.20. The molecular weight excluding hydrogens is 328 g/mol. The molecule has 2 aromatic heterocycles. The minimum absolute atomic E-state index is 0.727. The molecule has 1 aliphatic rings. The molecule has 0 spiro atoms. The van der Waals surface area contributed by atoms with Gasteiger partial charge in [0.25, 0.3) is 0 Å². The number of hydrogen-bond donors (Lipinski definition) is 2. The van der Waals surface area contributed by atoms with Crippen molar-refractivity contribution in [3.63, 3.8) is 0 Å². The number of nitrogens with two attached hydrogens (primary N) is 1. The van der Waals surface area contributed by atoms with Crippen molar-refractivity contribution in [2.75, 3.05) is 30.4 Å². The quantitative estimate of drug-likeness (QED) is 0.808. The molecule has 25 heavy (non-hydrogen) atoms. The highest BCUT2D eigenvalue weighted by Gasteiger charge is 2.21. The Morgan fingerprint density at radius 2 is 2.20 bits per heavy atom. The van der Waals surface area contributed by atoms with Gasteiger partial charge in [-0.2, -0.15) is 0 Å². The van der Waals surface area contributed by atoms with Gasteiger partial charge in [-0.25, -0.2) is 4.98 Å². The summed E-state index contributed by atoms with van der Waals surface area (Å²) in [4.78, 5) is 8.15. The number of aromatic nitrogens is 1. The summed E-state index contributed by atoms with van der Waals surface area (Å²) in [5.74, 6) is 1.74. The fraction of sp³-hybridized carbons (Fsp3) is 0.450. The van der Waals surface area contributed by atoms with Gasteiger partial charge in [-0.15, -0.1) is 11.3 Å². The molecule has 0 saturated carbocycles. The molecule has 2 aromatic rings. The summed E-state index contributed by atoms with van der Waals surface area (Å²) in [6.07, 6.45) is 8.64. The Hall–Kier alpha value is -2.01. The topological polar surface area (TPSA) is 54.2 Å². The Bertz CT molecular complexity index is 700. The number of pyridine rings is 1. The molecule has 1 fully saturated rings. The van der Waals surface area contributed by atoms with Crippen LogP contribution < -0.4 is 16.0 Å². The largest absolute Gasteiger partial charge is 0.398 e. The van der Waals surface area contributed by atoms with Crippen molar-refractivity contribution in [1.29, 1.82) is 0 Å². The van der Waals surface area contributed by atoms with E-state index in [9.17, 15) is 0 Å². The number of piperidine rings is 1. The summed E-state index contributed by atoms with van der Waals surface area (Å²) in [6.45, 7) is 4.42. The predicted molar refractivity (Wildman–Crippen MR) is 109 cm³/mol. The van der Waals surface area contributed by atoms with Crippen LogP contribution in [-0.4, -0.2) is 25.1 Å². The van der Waals surface area contributed by atoms with Gasteiger partial charge in [0, 0.05) is 48.2 Å². The van der Waals surface area contributed by atoms with Gasteiger partial charge in [0.05, 0.1) is 0 Å². The number of hydrogen-bond acceptors (Lipinski definition) is 5. The van der Waals surface area contributed by atoms with Crippen molar-refractivity contribution in [2.45, 2.75) is 32.6 Å². The lowest BCUT2D eigenvalue weighted by molar-refractivity contribution is 0.409. The minimum atomic E-state index is 0.727. The molecule has 1 saturated heterocycles. The maximum Gasteiger partial charge on any atom is 0.130 e. The molecule has 134 valence electrons. The molecule has 0 aromatic carbocycles. The lowest BCUT2D eigenvalue weighted by Crippen LogP contribution is -2.34. The summed E-state index contributed by atoms with van der Waals surface area (Å²) in [5.41, 5.74) is 9.79. The number of thiophene rings is 1. The maximum absolute atomic E-state index is 6.19. The highest BCUT2D eigenvalue weighted by Crippen LogP contribution is 2.31. The number of nitrogens with one attached hydrogen (secondary N) is 1. The van der Waals surface area contributed by atoms with E-state index in [0.717, 1.165) is 43.4 Å². The van der Waals surface area contributed by atoms with Gasteiger partial charge < -0.3 is 16.0 Å². The fourth-order valence-electron chi connectivity index (χ4n) is 3.59. The SMILES string of the molecule is CCc1c(N2CCC(C/C=C(\N)c3cccs3)CC2)ccnc1NC. The zero-order valence-corrected chi connectivity index (χ0v) is 16.0. The third kappa shape index (κ3) is 4.15. The number of rotatable bonds is 6. The Morgan fingerprint density at radius 1 is 1.40 bits per heavy atom. The van der Waals surface area contributed by atoms with E-state index in [0.29, 0.717) is 0 Å². The van der Waals surface area contributed by atoms with Gasteiger partial charge in [0.1, 0.15) is 5.82 Å². The second-order valence-corrected chi connectivity index (χ2v) is 7.51. The second-order valence-electron chi connectivity index (χ2n) is 6.56. The summed E-state index contributed by atoms with van der Waals surface area (Å²) in [6, 6.07) is 6.31. The van der Waals surface area contributed by atoms with Gasteiger partial charge in [-0.3, -0.25) is 0 Å². The summed E-state index contributed by atoms with van der Waals surface area (Å²) >= 11 is 1.71. The zero-order chi connectivity index (χ0) is 17.6. The lowest BCUT2D eigenvalue weighted by Gasteiger charge is -2.34. The predicted octanol–water partition coefficient (Wildman–Crippen LogP) is 4.35. The third-order valence-corrected chi connectivity index (χ3v) is 5.97. The van der Waals surface area contributed by atoms with E-state index in [1.54, 1.807) is 11.3 Å². The molecule has 0 aliphatic carbocycles. The van der Waals surface area contributed by atoms with E-state index in [2.05, 4.69) is 51.8 Å². The minimum Gasteiger partial charge on any atom is -0.398 e. The number of nitrogens with zero attached hydrogens (tertiary/aromatic N) is 2. The van der Waals surface area contributed by atoms with Crippen LogP contribution in [0.5, 0.6) is 0 Å². The van der Waals surface area contributed by atoms with Gasteiger partial charge >= 0.3 is 0 Å². The molecule has 0 bridgehead atoms. The first-order valence-corrected chi connectivity index (χ1v) is 10.0. The summed E-state index contributed by atoms with van der Waals surface area (Å²) < 4.78 is 0. The van der Waals surface area contributed by atoms with E-state index in [1.165, 1.54) is 29.0 Å². The van der Waals surface area contributed by atoms with E-state index < -0.39 is 0 Å². The average molecular weight is 357 g/mol. The van der Waals surface area contributed by atoms with Crippen molar-refractivity contribution >= 4 is 28.5 Å². The monoisotopic (exact) mass is 356 g/mol. The van der Waals surface area contributed by atoms with Crippen LogP contribution in [0.4, 0.5) is 11.5 Å². The Kier molecular flexibility index (Phi) is 5.97. The molecule has 0 unspecified atom stereocenters. The first kappa shape index (κ1) is 17.8. The number of allylic oxidation sites excluding steroid dienone is 1. The molecule has 0 amide bonds. The molecule has 3 heterocycles. The normalized spacial score (nSPS) is 16.2. The standard InChI is InChI=1S/C20H28N4S/c1-3-16-18(8-11-23-20(16)22-2)24-12-9-15(10-13-24)6-7-17(21)19-5-4-14-25-19/h4-5,7-8,11,14-15H,3,6,9-10,12-13,21H2,1-2H3,(H,22,23)/b17-7-. The molecule has 3 rings (SSSR count). The molecule has 4 nitrogen and oxygen atoms in total. The van der Waals surface area contributed by atoms with Crippen molar-refractivity contribution in [1.82, 2.24) is 4.98 Å². The van der Waals surface area contributed by atoms with Crippen LogP contribution in [0.15, 0.2) is 35.9 Å². The molecule has 1 aliphatic heterocycles. The van der Waals surface area contributed by atoms with Gasteiger partial charge in [0.15, 0.2) is 0 Å². The highest BCUT2D eigenvalue weighted by atomic mass is 32.1. The van der Waals surface area contributed by atoms with Crippen LogP contribution in [0, 0.1) is 5.92 Å². The fourth-order valence-corrected chi connectivity index (χ4v) is 4.27.